The molecule has 4 aliphatic carbocycles. The minimum absolute atomic E-state index is 0.0514. The van der Waals surface area contributed by atoms with Crippen LogP contribution in [0.5, 0.6) is 0 Å². The number of carboxylic acids is 1. The van der Waals surface area contributed by atoms with Crippen molar-refractivity contribution in [2.45, 2.75) is 111 Å². The van der Waals surface area contributed by atoms with E-state index in [9.17, 15) is 4.79 Å². The summed E-state index contributed by atoms with van der Waals surface area (Å²) in [6.45, 7) is 15.0. The lowest BCUT2D eigenvalue weighted by molar-refractivity contribution is -0.138. The Morgan fingerprint density at radius 1 is 1.05 bits per heavy atom. The zero-order valence-electron chi connectivity index (χ0n) is 26.1. The molecule has 0 aromatic rings. The first-order valence-corrected chi connectivity index (χ1v) is 16.3. The van der Waals surface area contributed by atoms with E-state index in [1.54, 1.807) is 10.5 Å². The van der Waals surface area contributed by atoms with Gasteiger partial charge in [0.05, 0.1) is 32.5 Å². The van der Waals surface area contributed by atoms with Crippen LogP contribution in [0.3, 0.4) is 0 Å². The van der Waals surface area contributed by atoms with Crippen molar-refractivity contribution in [2.24, 2.45) is 46.3 Å². The first kappa shape index (κ1) is 31.0. The summed E-state index contributed by atoms with van der Waals surface area (Å²) in [6, 6.07) is 0. The van der Waals surface area contributed by atoms with E-state index in [-0.39, 0.29) is 6.54 Å². The summed E-state index contributed by atoms with van der Waals surface area (Å²) in [7, 11) is 1.81. The highest BCUT2D eigenvalue weighted by Crippen LogP contribution is 2.67. The maximum Gasteiger partial charge on any atom is 0.317 e. The summed E-state index contributed by atoms with van der Waals surface area (Å²) in [5.41, 5.74) is 2.62. The number of hydrogen-bond acceptors (Lipinski definition) is 4. The van der Waals surface area contributed by atoms with E-state index in [0.29, 0.717) is 43.3 Å². The van der Waals surface area contributed by atoms with Gasteiger partial charge in [0.15, 0.2) is 0 Å². The number of carbonyl (C=O) groups is 1. The van der Waals surface area contributed by atoms with E-state index in [1.165, 1.54) is 57.8 Å². The molecule has 0 heterocycles. The lowest BCUT2D eigenvalue weighted by Crippen LogP contribution is -2.51. The van der Waals surface area contributed by atoms with Crippen LogP contribution in [-0.4, -0.2) is 62.0 Å². The maximum absolute atomic E-state index is 10.8. The van der Waals surface area contributed by atoms with Gasteiger partial charge in [0.1, 0.15) is 0 Å². The summed E-state index contributed by atoms with van der Waals surface area (Å²) in [5, 5.41) is 8.85. The molecule has 0 bridgehead atoms. The molecule has 4 aliphatic rings. The fraction of sp³-hybridized carbons (Fsp3) is 0.912. The molecule has 5 heteroatoms. The third-order valence-corrected chi connectivity index (χ3v) is 11.9. The van der Waals surface area contributed by atoms with Gasteiger partial charge in [-0.05, 0) is 105 Å². The quantitative estimate of drug-likeness (QED) is 0.181. The van der Waals surface area contributed by atoms with E-state index < -0.39 is 5.97 Å². The summed E-state index contributed by atoms with van der Waals surface area (Å²) in [6.07, 6.45) is 17.8. The van der Waals surface area contributed by atoms with E-state index in [4.69, 9.17) is 14.6 Å². The Bertz CT molecular complexity index is 841. The second-order valence-corrected chi connectivity index (χ2v) is 14.8. The number of allylic oxidation sites excluding steroid dienone is 1. The fourth-order valence-electron chi connectivity index (χ4n) is 9.70. The molecular formula is C34H59NO4. The third-order valence-electron chi connectivity index (χ3n) is 11.9. The Labute approximate surface area is 239 Å². The third kappa shape index (κ3) is 7.12. The average molecular weight is 546 g/mol. The van der Waals surface area contributed by atoms with Gasteiger partial charge in [-0.3, -0.25) is 9.69 Å². The van der Waals surface area contributed by atoms with Crippen molar-refractivity contribution in [3.63, 3.8) is 0 Å². The van der Waals surface area contributed by atoms with Gasteiger partial charge >= 0.3 is 5.97 Å². The smallest absolute Gasteiger partial charge is 0.317 e. The molecule has 0 unspecified atom stereocenters. The Kier molecular flexibility index (Phi) is 10.6. The molecule has 39 heavy (non-hydrogen) atoms. The van der Waals surface area contributed by atoms with Crippen LogP contribution in [-0.2, 0) is 14.3 Å². The largest absolute Gasteiger partial charge is 0.480 e. The molecule has 0 aromatic carbocycles. The van der Waals surface area contributed by atoms with Crippen LogP contribution < -0.4 is 0 Å². The van der Waals surface area contributed by atoms with Gasteiger partial charge < -0.3 is 14.6 Å². The van der Waals surface area contributed by atoms with E-state index in [2.05, 4.69) is 40.7 Å². The van der Waals surface area contributed by atoms with Gasteiger partial charge in [-0.25, -0.2) is 0 Å². The van der Waals surface area contributed by atoms with Crippen molar-refractivity contribution in [2.75, 3.05) is 40.0 Å². The van der Waals surface area contributed by atoms with E-state index >= 15 is 0 Å². The minimum atomic E-state index is -0.801. The monoisotopic (exact) mass is 545 g/mol. The predicted molar refractivity (Wildman–Crippen MR) is 159 cm³/mol. The molecule has 3 fully saturated rings. The number of fused-ring (bicyclic) bond motifs is 5. The second-order valence-electron chi connectivity index (χ2n) is 14.8. The van der Waals surface area contributed by atoms with Gasteiger partial charge in [-0.2, -0.15) is 0 Å². The number of rotatable bonds is 14. The number of ether oxygens (including phenoxy) is 2. The van der Waals surface area contributed by atoms with Crippen molar-refractivity contribution in [3.05, 3.63) is 11.6 Å². The number of aliphatic carboxylic acids is 1. The molecule has 0 saturated heterocycles. The molecule has 0 amide bonds. The lowest BCUT2D eigenvalue weighted by atomic mass is 9.47. The molecule has 4 rings (SSSR count). The molecule has 0 aromatic heterocycles. The van der Waals surface area contributed by atoms with Crippen LogP contribution in [0.25, 0.3) is 0 Å². The zero-order valence-corrected chi connectivity index (χ0v) is 26.1. The Morgan fingerprint density at radius 3 is 2.59 bits per heavy atom. The highest BCUT2D eigenvalue weighted by atomic mass is 16.5. The molecule has 3 saturated carbocycles. The summed E-state index contributed by atoms with van der Waals surface area (Å²) < 4.78 is 12.0. The molecule has 0 spiro atoms. The summed E-state index contributed by atoms with van der Waals surface area (Å²) >= 11 is 0. The van der Waals surface area contributed by atoms with Crippen LogP contribution in [0.1, 0.15) is 105 Å². The number of nitrogens with zero attached hydrogens (tertiary/aromatic N) is 1. The SMILES string of the molecule is CC(C)CCC[C@@H](C)[C@H]1CC[C@H]2[C@@H]3CC=C4C[C@@H](OCCOCCN(C)CC(=O)O)CC[C@]4(C)[C@H]3CC[C@]12C. The predicted octanol–water partition coefficient (Wildman–Crippen LogP) is 7.45. The second kappa shape index (κ2) is 13.4. The van der Waals surface area contributed by atoms with Gasteiger partial charge in [0.25, 0.3) is 0 Å². The first-order chi connectivity index (χ1) is 18.5. The highest BCUT2D eigenvalue weighted by Gasteiger charge is 2.59. The van der Waals surface area contributed by atoms with Crippen LogP contribution >= 0.6 is 0 Å². The van der Waals surface area contributed by atoms with Gasteiger partial charge in [-0.15, -0.1) is 0 Å². The molecule has 1 N–H and O–H groups in total. The molecule has 5 nitrogen and oxygen atoms in total. The maximum atomic E-state index is 10.8. The van der Waals surface area contributed by atoms with E-state index in [1.807, 2.05) is 7.05 Å². The van der Waals surface area contributed by atoms with Crippen LogP contribution in [0.15, 0.2) is 11.6 Å². The topological polar surface area (TPSA) is 59.0 Å². The van der Waals surface area contributed by atoms with Crippen LogP contribution in [0.4, 0.5) is 0 Å². The van der Waals surface area contributed by atoms with Gasteiger partial charge in [0.2, 0.25) is 0 Å². The van der Waals surface area contributed by atoms with Crippen LogP contribution in [0.2, 0.25) is 0 Å². The highest BCUT2D eigenvalue weighted by molar-refractivity contribution is 5.68. The number of carboxylic acid groups (broad SMARTS) is 1. The standard InChI is InChI=1S/C34H59NO4/c1-24(2)8-7-9-25(3)29-12-13-30-28-11-10-26-22-27(39-21-20-38-19-18-35(6)23-32(36)37)14-16-33(26,4)31(28)15-17-34(29,30)5/h10,24-25,27-31H,7-9,11-23H2,1-6H3,(H,36,37)/t25-,27+,28+,29-,30+,31+,33+,34-/m1/s1. The fourth-order valence-corrected chi connectivity index (χ4v) is 9.70. The Morgan fingerprint density at radius 2 is 1.85 bits per heavy atom. The van der Waals surface area contributed by atoms with Crippen molar-refractivity contribution < 1.29 is 19.4 Å². The number of hydrogen-bond donors (Lipinski definition) is 1. The first-order valence-electron chi connectivity index (χ1n) is 16.3. The average Bonchev–Trinajstić information content (AvgIpc) is 3.22. The summed E-state index contributed by atoms with van der Waals surface area (Å²) in [4.78, 5) is 12.5. The van der Waals surface area contributed by atoms with E-state index in [0.717, 1.165) is 48.3 Å². The van der Waals surface area contributed by atoms with Gasteiger partial charge in [-0.1, -0.05) is 65.5 Å². The Balaban J connectivity index is 1.26. The zero-order chi connectivity index (χ0) is 28.2. The van der Waals surface area contributed by atoms with Crippen LogP contribution in [0, 0.1) is 46.3 Å². The van der Waals surface area contributed by atoms with Crippen molar-refractivity contribution in [1.29, 1.82) is 0 Å². The lowest BCUT2D eigenvalue weighted by Gasteiger charge is -2.58. The van der Waals surface area contributed by atoms with Gasteiger partial charge in [0, 0.05) is 6.54 Å². The molecule has 224 valence electrons. The Hall–Kier alpha value is -0.910. The van der Waals surface area contributed by atoms with Crippen molar-refractivity contribution >= 4 is 5.97 Å². The van der Waals surface area contributed by atoms with Crippen molar-refractivity contribution in [3.8, 4) is 0 Å². The minimum Gasteiger partial charge on any atom is -0.480 e. The summed E-state index contributed by atoms with van der Waals surface area (Å²) in [5.74, 6) is 4.50. The normalized spacial score (nSPS) is 36.8. The molecule has 0 aliphatic heterocycles. The van der Waals surface area contributed by atoms with Crippen molar-refractivity contribution in [1.82, 2.24) is 4.90 Å². The molecule has 8 atom stereocenters. The number of likely N-dealkylation sites (N-methyl/N-ethyl adjacent to an activating group) is 1. The molecular weight excluding hydrogens is 486 g/mol. The molecule has 0 radical (unpaired) electrons.